The van der Waals surface area contributed by atoms with Crippen LogP contribution in [0.2, 0.25) is 5.02 Å². The lowest BCUT2D eigenvalue weighted by Crippen LogP contribution is -2.34. The SMILES string of the molecule is Cc1sc(CNC(C)(C)C)cc1COc1ccccc1Cl. The van der Waals surface area contributed by atoms with E-state index in [1.807, 2.05) is 35.6 Å². The van der Waals surface area contributed by atoms with Crippen molar-refractivity contribution in [1.29, 1.82) is 0 Å². The summed E-state index contributed by atoms with van der Waals surface area (Å²) < 4.78 is 5.82. The highest BCUT2D eigenvalue weighted by molar-refractivity contribution is 7.12. The van der Waals surface area contributed by atoms with Crippen molar-refractivity contribution in [2.75, 3.05) is 0 Å². The maximum Gasteiger partial charge on any atom is 0.138 e. The van der Waals surface area contributed by atoms with Crippen LogP contribution >= 0.6 is 22.9 Å². The summed E-state index contributed by atoms with van der Waals surface area (Å²) in [7, 11) is 0. The van der Waals surface area contributed by atoms with Gasteiger partial charge in [-0.25, -0.2) is 0 Å². The van der Waals surface area contributed by atoms with Crippen molar-refractivity contribution in [2.45, 2.75) is 46.4 Å². The molecule has 114 valence electrons. The monoisotopic (exact) mass is 323 g/mol. The van der Waals surface area contributed by atoms with E-state index in [1.54, 1.807) is 0 Å². The summed E-state index contributed by atoms with van der Waals surface area (Å²) >= 11 is 7.92. The second-order valence-corrected chi connectivity index (χ2v) is 7.86. The number of rotatable bonds is 5. The summed E-state index contributed by atoms with van der Waals surface area (Å²) in [4.78, 5) is 2.63. The number of nitrogens with one attached hydrogen (secondary N) is 1. The topological polar surface area (TPSA) is 21.3 Å². The molecule has 4 heteroatoms. The lowest BCUT2D eigenvalue weighted by molar-refractivity contribution is 0.306. The number of hydrogen-bond donors (Lipinski definition) is 1. The van der Waals surface area contributed by atoms with Gasteiger partial charge >= 0.3 is 0 Å². The number of aryl methyl sites for hydroxylation is 1. The number of thiophene rings is 1. The minimum Gasteiger partial charge on any atom is -0.487 e. The van der Waals surface area contributed by atoms with Gasteiger partial charge in [-0.1, -0.05) is 23.7 Å². The van der Waals surface area contributed by atoms with E-state index in [9.17, 15) is 0 Å². The lowest BCUT2D eigenvalue weighted by Gasteiger charge is -2.19. The Bertz CT molecular complexity index is 601. The molecule has 0 atom stereocenters. The second-order valence-electron chi connectivity index (χ2n) is 6.12. The van der Waals surface area contributed by atoms with Crippen LogP contribution in [0.3, 0.4) is 0 Å². The fourth-order valence-corrected chi connectivity index (χ4v) is 3.07. The van der Waals surface area contributed by atoms with Crippen LogP contribution < -0.4 is 10.1 Å². The van der Waals surface area contributed by atoms with Gasteiger partial charge in [0.25, 0.3) is 0 Å². The zero-order chi connectivity index (χ0) is 15.5. The van der Waals surface area contributed by atoms with Crippen molar-refractivity contribution in [1.82, 2.24) is 5.32 Å². The smallest absolute Gasteiger partial charge is 0.138 e. The van der Waals surface area contributed by atoms with E-state index in [-0.39, 0.29) is 5.54 Å². The Morgan fingerprint density at radius 3 is 2.62 bits per heavy atom. The third-order valence-corrected chi connectivity index (χ3v) is 4.49. The van der Waals surface area contributed by atoms with Gasteiger partial charge in [0.1, 0.15) is 12.4 Å². The molecule has 0 saturated heterocycles. The Morgan fingerprint density at radius 2 is 1.95 bits per heavy atom. The standard InChI is InChI=1S/C17H22ClNOS/c1-12-13(9-14(21-12)10-19-17(2,3)4)11-20-16-8-6-5-7-15(16)18/h5-9,19H,10-11H2,1-4H3. The number of ether oxygens (including phenoxy) is 1. The molecule has 1 aromatic heterocycles. The Balaban J connectivity index is 1.98. The Morgan fingerprint density at radius 1 is 1.24 bits per heavy atom. The average molecular weight is 324 g/mol. The van der Waals surface area contributed by atoms with Crippen molar-refractivity contribution in [3.63, 3.8) is 0 Å². The first-order valence-electron chi connectivity index (χ1n) is 7.06. The van der Waals surface area contributed by atoms with Gasteiger partial charge in [0.2, 0.25) is 0 Å². The van der Waals surface area contributed by atoms with E-state index in [2.05, 4.69) is 39.1 Å². The first-order chi connectivity index (χ1) is 9.85. The van der Waals surface area contributed by atoms with E-state index in [1.165, 1.54) is 15.3 Å². The molecule has 1 N–H and O–H groups in total. The molecule has 2 nitrogen and oxygen atoms in total. The highest BCUT2D eigenvalue weighted by Gasteiger charge is 2.11. The largest absolute Gasteiger partial charge is 0.487 e. The normalized spacial score (nSPS) is 11.7. The van der Waals surface area contributed by atoms with Gasteiger partial charge in [-0.05, 0) is 45.9 Å². The van der Waals surface area contributed by atoms with Crippen LogP contribution in [0.4, 0.5) is 0 Å². The van der Waals surface area contributed by atoms with Gasteiger partial charge in [0, 0.05) is 27.4 Å². The number of halogens is 1. The average Bonchev–Trinajstić information content (AvgIpc) is 2.75. The zero-order valence-electron chi connectivity index (χ0n) is 13.0. The molecule has 0 aliphatic heterocycles. The van der Waals surface area contributed by atoms with Crippen LogP contribution in [-0.2, 0) is 13.2 Å². The zero-order valence-corrected chi connectivity index (χ0v) is 14.6. The molecule has 1 aromatic carbocycles. The van der Waals surface area contributed by atoms with Crippen molar-refractivity contribution in [2.24, 2.45) is 0 Å². The van der Waals surface area contributed by atoms with Crippen molar-refractivity contribution in [3.05, 3.63) is 50.7 Å². The van der Waals surface area contributed by atoms with Crippen LogP contribution in [0.25, 0.3) is 0 Å². The van der Waals surface area contributed by atoms with Gasteiger partial charge in [0.15, 0.2) is 0 Å². The minimum absolute atomic E-state index is 0.131. The van der Waals surface area contributed by atoms with E-state index in [0.29, 0.717) is 11.6 Å². The molecular weight excluding hydrogens is 302 g/mol. The molecule has 0 unspecified atom stereocenters. The third kappa shape index (κ3) is 5.03. The second kappa shape index (κ2) is 6.82. The summed E-state index contributed by atoms with van der Waals surface area (Å²) in [5.74, 6) is 0.735. The maximum absolute atomic E-state index is 6.10. The summed E-state index contributed by atoms with van der Waals surface area (Å²) in [5.41, 5.74) is 1.36. The van der Waals surface area contributed by atoms with E-state index in [0.717, 1.165) is 12.3 Å². The first-order valence-corrected chi connectivity index (χ1v) is 8.25. The summed E-state index contributed by atoms with van der Waals surface area (Å²) in [6.07, 6.45) is 0. The van der Waals surface area contributed by atoms with Crippen molar-refractivity contribution < 1.29 is 4.74 Å². The molecule has 0 amide bonds. The fourth-order valence-electron chi connectivity index (χ4n) is 1.89. The first kappa shape index (κ1) is 16.3. The molecular formula is C17H22ClNOS. The molecule has 21 heavy (non-hydrogen) atoms. The van der Waals surface area contributed by atoms with Crippen molar-refractivity contribution >= 4 is 22.9 Å². The number of hydrogen-bond acceptors (Lipinski definition) is 3. The van der Waals surface area contributed by atoms with Gasteiger partial charge in [-0.2, -0.15) is 0 Å². The molecule has 0 bridgehead atoms. The van der Waals surface area contributed by atoms with Crippen LogP contribution in [0.1, 0.15) is 36.1 Å². The van der Waals surface area contributed by atoms with Crippen molar-refractivity contribution in [3.8, 4) is 5.75 Å². The van der Waals surface area contributed by atoms with Gasteiger partial charge in [0.05, 0.1) is 5.02 Å². The molecule has 0 fully saturated rings. The summed E-state index contributed by atoms with van der Waals surface area (Å²) in [5, 5.41) is 4.16. The molecule has 0 saturated carbocycles. The molecule has 0 aliphatic carbocycles. The predicted octanol–water partition coefficient (Wildman–Crippen LogP) is 5.18. The van der Waals surface area contributed by atoms with Crippen LogP contribution in [-0.4, -0.2) is 5.54 Å². The van der Waals surface area contributed by atoms with Crippen LogP contribution in [0.5, 0.6) is 5.75 Å². The van der Waals surface area contributed by atoms with Gasteiger partial charge in [-0.3, -0.25) is 0 Å². The predicted molar refractivity (Wildman–Crippen MR) is 91.4 cm³/mol. The molecule has 1 heterocycles. The fraction of sp³-hybridized carbons (Fsp3) is 0.412. The highest BCUT2D eigenvalue weighted by atomic mass is 35.5. The van der Waals surface area contributed by atoms with E-state index < -0.39 is 0 Å². The van der Waals surface area contributed by atoms with E-state index in [4.69, 9.17) is 16.3 Å². The lowest BCUT2D eigenvalue weighted by atomic mass is 10.1. The van der Waals surface area contributed by atoms with Gasteiger partial charge in [-0.15, -0.1) is 11.3 Å². The molecule has 2 aromatic rings. The summed E-state index contributed by atoms with van der Waals surface area (Å²) in [6, 6.07) is 9.79. The Hall–Kier alpha value is -1.03. The molecule has 0 radical (unpaired) electrons. The third-order valence-electron chi connectivity index (χ3n) is 3.08. The minimum atomic E-state index is 0.131. The van der Waals surface area contributed by atoms with Crippen LogP contribution in [0, 0.1) is 6.92 Å². The summed E-state index contributed by atoms with van der Waals surface area (Å²) in [6.45, 7) is 10.1. The Kier molecular flexibility index (Phi) is 5.31. The number of benzene rings is 1. The van der Waals surface area contributed by atoms with Crippen LogP contribution in [0.15, 0.2) is 30.3 Å². The Labute approximate surface area is 136 Å². The molecule has 0 spiro atoms. The van der Waals surface area contributed by atoms with E-state index >= 15 is 0 Å². The highest BCUT2D eigenvalue weighted by Crippen LogP contribution is 2.27. The van der Waals surface area contributed by atoms with Gasteiger partial charge < -0.3 is 10.1 Å². The quantitative estimate of drug-likeness (QED) is 0.818. The molecule has 0 aliphatic rings. The maximum atomic E-state index is 6.10. The molecule has 2 rings (SSSR count). The number of para-hydroxylation sites is 1.